The highest BCUT2D eigenvalue weighted by molar-refractivity contribution is 5.90. The summed E-state index contributed by atoms with van der Waals surface area (Å²) in [5.74, 6) is -0.1000. The standard InChI is InChI=1S/C20H25N3O2/c1-15(24)22-19-9-5-3-7-17(19)11-13-21-14-12-18-8-4-6-10-20(18)23-16(2)25/h3-10,21H,11-14H2,1-2H3,(H,22,24)(H,23,25)/p+1. The van der Waals surface area contributed by atoms with Gasteiger partial charge >= 0.3 is 0 Å². The van der Waals surface area contributed by atoms with Crippen LogP contribution in [0.25, 0.3) is 0 Å². The Labute approximate surface area is 148 Å². The molecule has 2 amide bonds. The van der Waals surface area contributed by atoms with Gasteiger partial charge < -0.3 is 16.0 Å². The number of para-hydroxylation sites is 2. The molecule has 0 atom stereocenters. The summed E-state index contributed by atoms with van der Waals surface area (Å²) in [6.45, 7) is 4.93. The van der Waals surface area contributed by atoms with Crippen LogP contribution in [0.4, 0.5) is 11.4 Å². The van der Waals surface area contributed by atoms with Gasteiger partial charge in [-0.25, -0.2) is 0 Å². The van der Waals surface area contributed by atoms with E-state index in [4.69, 9.17) is 0 Å². The number of hydrogen-bond acceptors (Lipinski definition) is 2. The van der Waals surface area contributed by atoms with Gasteiger partial charge in [0.25, 0.3) is 0 Å². The molecule has 0 spiro atoms. The second-order valence-electron chi connectivity index (χ2n) is 6.04. The fraction of sp³-hybridized carbons (Fsp3) is 0.300. The predicted octanol–water partition coefficient (Wildman–Crippen LogP) is 1.95. The summed E-state index contributed by atoms with van der Waals surface area (Å²) in [5, 5.41) is 8.00. The Bertz CT molecular complexity index is 667. The molecule has 0 saturated carbocycles. The first kappa shape index (κ1) is 18.7. The van der Waals surface area contributed by atoms with Crippen LogP contribution in [0.1, 0.15) is 25.0 Å². The van der Waals surface area contributed by atoms with Crippen LogP contribution in [-0.4, -0.2) is 24.9 Å². The van der Waals surface area contributed by atoms with Crippen LogP contribution < -0.4 is 16.0 Å². The third kappa shape index (κ3) is 6.39. The molecule has 0 aliphatic carbocycles. The number of carbonyl (C=O) groups is 2. The third-order valence-electron chi connectivity index (χ3n) is 3.89. The number of rotatable bonds is 8. The molecule has 0 bridgehead atoms. The average molecular weight is 340 g/mol. The van der Waals surface area contributed by atoms with Crippen LogP contribution in [-0.2, 0) is 22.4 Å². The maximum Gasteiger partial charge on any atom is 0.221 e. The molecule has 25 heavy (non-hydrogen) atoms. The van der Waals surface area contributed by atoms with E-state index in [1.165, 1.54) is 13.8 Å². The number of hydrogen-bond donors (Lipinski definition) is 3. The SMILES string of the molecule is CC(=O)Nc1ccccc1CC[NH2+]CCc1ccccc1NC(C)=O. The zero-order chi connectivity index (χ0) is 18.1. The number of benzene rings is 2. The normalized spacial score (nSPS) is 10.3. The van der Waals surface area contributed by atoms with E-state index in [1.54, 1.807) is 0 Å². The number of anilines is 2. The van der Waals surface area contributed by atoms with Gasteiger partial charge in [-0.3, -0.25) is 9.59 Å². The van der Waals surface area contributed by atoms with Crippen molar-refractivity contribution in [3.05, 3.63) is 59.7 Å². The van der Waals surface area contributed by atoms with E-state index in [0.29, 0.717) is 0 Å². The Morgan fingerprint density at radius 3 is 1.56 bits per heavy atom. The minimum Gasteiger partial charge on any atom is -0.346 e. The summed E-state index contributed by atoms with van der Waals surface area (Å²) in [6.07, 6.45) is 1.79. The highest BCUT2D eigenvalue weighted by Gasteiger charge is 2.06. The van der Waals surface area contributed by atoms with Crippen molar-refractivity contribution in [2.24, 2.45) is 0 Å². The molecule has 0 fully saturated rings. The maximum absolute atomic E-state index is 11.3. The molecule has 2 aromatic carbocycles. The molecular weight excluding hydrogens is 314 g/mol. The lowest BCUT2D eigenvalue weighted by molar-refractivity contribution is -0.653. The van der Waals surface area contributed by atoms with E-state index in [-0.39, 0.29) is 11.8 Å². The Kier molecular flexibility index (Phi) is 7.16. The van der Waals surface area contributed by atoms with Crippen LogP contribution in [0, 0.1) is 0 Å². The van der Waals surface area contributed by atoms with Gasteiger partial charge in [0.2, 0.25) is 11.8 Å². The van der Waals surface area contributed by atoms with Crippen LogP contribution in [0.5, 0.6) is 0 Å². The molecular formula is C20H26N3O2+. The van der Waals surface area contributed by atoms with E-state index in [2.05, 4.69) is 16.0 Å². The van der Waals surface area contributed by atoms with Gasteiger partial charge in [0.05, 0.1) is 13.1 Å². The Morgan fingerprint density at radius 1 is 0.760 bits per heavy atom. The van der Waals surface area contributed by atoms with Crippen molar-refractivity contribution in [3.63, 3.8) is 0 Å². The van der Waals surface area contributed by atoms with Crippen molar-refractivity contribution in [1.29, 1.82) is 0 Å². The smallest absolute Gasteiger partial charge is 0.221 e. The largest absolute Gasteiger partial charge is 0.346 e. The van der Waals surface area contributed by atoms with Crippen molar-refractivity contribution >= 4 is 23.2 Å². The second kappa shape index (κ2) is 9.59. The van der Waals surface area contributed by atoms with Crippen molar-refractivity contribution in [2.75, 3.05) is 23.7 Å². The van der Waals surface area contributed by atoms with E-state index in [0.717, 1.165) is 48.4 Å². The maximum atomic E-state index is 11.3. The summed E-state index contributed by atoms with van der Waals surface area (Å²) in [4.78, 5) is 22.5. The molecule has 0 saturated heterocycles. The molecule has 0 heterocycles. The molecule has 0 unspecified atom stereocenters. The first-order valence-electron chi connectivity index (χ1n) is 8.59. The topological polar surface area (TPSA) is 74.8 Å². The lowest BCUT2D eigenvalue weighted by atomic mass is 10.1. The molecule has 0 aliphatic heterocycles. The monoisotopic (exact) mass is 340 g/mol. The summed E-state index contributed by atoms with van der Waals surface area (Å²) in [7, 11) is 0. The van der Waals surface area contributed by atoms with Crippen molar-refractivity contribution in [3.8, 4) is 0 Å². The molecule has 132 valence electrons. The summed E-state index contributed by atoms with van der Waals surface area (Å²) in [5.41, 5.74) is 4.07. The fourth-order valence-electron chi connectivity index (χ4n) is 2.76. The molecule has 2 rings (SSSR count). The minimum absolute atomic E-state index is 0.0500. The van der Waals surface area contributed by atoms with E-state index in [9.17, 15) is 9.59 Å². The number of nitrogens with two attached hydrogens (primary N) is 1. The Morgan fingerprint density at radius 2 is 1.16 bits per heavy atom. The summed E-state index contributed by atoms with van der Waals surface area (Å²) >= 11 is 0. The highest BCUT2D eigenvalue weighted by Crippen LogP contribution is 2.15. The van der Waals surface area contributed by atoms with Crippen molar-refractivity contribution in [1.82, 2.24) is 0 Å². The first-order valence-corrected chi connectivity index (χ1v) is 8.59. The zero-order valence-electron chi connectivity index (χ0n) is 14.8. The first-order chi connectivity index (χ1) is 12.1. The fourth-order valence-corrected chi connectivity index (χ4v) is 2.76. The van der Waals surface area contributed by atoms with Crippen molar-refractivity contribution in [2.45, 2.75) is 26.7 Å². The lowest BCUT2D eigenvalue weighted by Gasteiger charge is -2.10. The van der Waals surface area contributed by atoms with Gasteiger partial charge in [0.1, 0.15) is 0 Å². The van der Waals surface area contributed by atoms with Crippen LogP contribution in [0.2, 0.25) is 0 Å². The number of amides is 2. The van der Waals surface area contributed by atoms with Crippen LogP contribution in [0.15, 0.2) is 48.5 Å². The van der Waals surface area contributed by atoms with Gasteiger partial charge in [-0.1, -0.05) is 36.4 Å². The highest BCUT2D eigenvalue weighted by atomic mass is 16.2. The van der Waals surface area contributed by atoms with Crippen LogP contribution in [0.3, 0.4) is 0 Å². The minimum atomic E-state index is -0.0500. The molecule has 0 aromatic heterocycles. The van der Waals surface area contributed by atoms with Gasteiger partial charge in [0, 0.05) is 38.1 Å². The quantitative estimate of drug-likeness (QED) is 0.643. The van der Waals surface area contributed by atoms with E-state index < -0.39 is 0 Å². The number of carbonyl (C=O) groups excluding carboxylic acids is 2. The Balaban J connectivity index is 1.81. The number of quaternary nitrogens is 1. The summed E-state index contributed by atoms with van der Waals surface area (Å²) < 4.78 is 0. The second-order valence-corrected chi connectivity index (χ2v) is 6.04. The van der Waals surface area contributed by atoms with E-state index >= 15 is 0 Å². The van der Waals surface area contributed by atoms with E-state index in [1.807, 2.05) is 48.5 Å². The van der Waals surface area contributed by atoms with Gasteiger partial charge in [-0.2, -0.15) is 0 Å². The number of nitrogens with one attached hydrogen (secondary N) is 2. The van der Waals surface area contributed by atoms with Gasteiger partial charge in [-0.15, -0.1) is 0 Å². The molecule has 4 N–H and O–H groups in total. The molecule has 5 nitrogen and oxygen atoms in total. The third-order valence-corrected chi connectivity index (χ3v) is 3.89. The molecule has 0 radical (unpaired) electrons. The molecule has 0 aliphatic rings. The zero-order valence-corrected chi connectivity index (χ0v) is 14.8. The predicted molar refractivity (Wildman–Crippen MR) is 101 cm³/mol. The van der Waals surface area contributed by atoms with Crippen molar-refractivity contribution < 1.29 is 14.9 Å². The van der Waals surface area contributed by atoms with Gasteiger partial charge in [-0.05, 0) is 23.3 Å². The van der Waals surface area contributed by atoms with Gasteiger partial charge in [0.15, 0.2) is 0 Å². The summed E-state index contributed by atoms with van der Waals surface area (Å²) in [6, 6.07) is 15.8. The Hall–Kier alpha value is -2.66. The average Bonchev–Trinajstić information content (AvgIpc) is 2.56. The lowest BCUT2D eigenvalue weighted by Crippen LogP contribution is -2.85. The van der Waals surface area contributed by atoms with Crippen LogP contribution >= 0.6 is 0 Å². The molecule has 2 aromatic rings. The molecule has 5 heteroatoms.